The summed E-state index contributed by atoms with van der Waals surface area (Å²) in [5.74, 6) is -1.89. The van der Waals surface area contributed by atoms with E-state index in [0.717, 1.165) is 6.20 Å². The minimum atomic E-state index is -1.47. The van der Waals surface area contributed by atoms with Gasteiger partial charge in [0.05, 0.1) is 23.7 Å². The van der Waals surface area contributed by atoms with E-state index in [1.807, 2.05) is 0 Å². The topological polar surface area (TPSA) is 88.8 Å². The first-order valence-electron chi connectivity index (χ1n) is 7.45. The number of benzene rings is 2. The number of halogens is 2. The number of hydrogen-bond donors (Lipinski definition) is 2. The Morgan fingerprint density at radius 1 is 1.35 bits per heavy atom. The highest BCUT2D eigenvalue weighted by molar-refractivity contribution is 6.30. The van der Waals surface area contributed by atoms with Gasteiger partial charge < -0.3 is 15.1 Å². The van der Waals surface area contributed by atoms with Gasteiger partial charge in [0.25, 0.3) is 0 Å². The molecular weight excluding hydrogens is 365 g/mol. The largest absolute Gasteiger partial charge is 0.494 e. The molecule has 0 bridgehead atoms. The van der Waals surface area contributed by atoms with Gasteiger partial charge >= 0.3 is 5.97 Å². The minimum absolute atomic E-state index is 0.0258. The molecule has 0 radical (unpaired) electrons. The number of methoxy groups -OCH3 is 1. The zero-order valence-corrected chi connectivity index (χ0v) is 14.2. The first-order valence-corrected chi connectivity index (χ1v) is 7.83. The Hall–Kier alpha value is -3.06. The molecule has 2 aromatic carbocycles. The number of carboxylic acids is 1. The molecule has 1 aromatic heterocycles. The molecule has 2 N–H and O–H groups in total. The Balaban J connectivity index is 2.25. The van der Waals surface area contributed by atoms with E-state index in [0.29, 0.717) is 15.9 Å². The lowest BCUT2D eigenvalue weighted by molar-refractivity contribution is 0.0691. The zero-order chi connectivity index (χ0) is 19.0. The van der Waals surface area contributed by atoms with Crippen LogP contribution in [0.5, 0.6) is 5.75 Å². The third-order valence-electron chi connectivity index (χ3n) is 3.98. The van der Waals surface area contributed by atoms with Crippen LogP contribution in [0, 0.1) is 5.82 Å². The van der Waals surface area contributed by atoms with Gasteiger partial charge in [0.15, 0.2) is 0 Å². The van der Waals surface area contributed by atoms with Crippen molar-refractivity contribution >= 4 is 28.5 Å². The summed E-state index contributed by atoms with van der Waals surface area (Å²) in [4.78, 5) is 23.7. The van der Waals surface area contributed by atoms with Gasteiger partial charge in [-0.25, -0.2) is 9.18 Å². The van der Waals surface area contributed by atoms with Crippen molar-refractivity contribution in [2.75, 3.05) is 7.11 Å². The number of aromatic carboxylic acids is 1. The normalized spacial score (nSPS) is 10.9. The number of aromatic nitrogens is 1. The fourth-order valence-corrected chi connectivity index (χ4v) is 2.97. The number of pyridine rings is 1. The number of rotatable bonds is 4. The average molecular weight is 378 g/mol. The van der Waals surface area contributed by atoms with Gasteiger partial charge in [-0.1, -0.05) is 23.7 Å². The molecule has 0 aliphatic carbocycles. The molecule has 0 atom stereocenters. The number of nitrogens with zero attached hydrogens (tertiary/aromatic N) is 1. The van der Waals surface area contributed by atoms with E-state index in [-0.39, 0.29) is 28.1 Å². The van der Waals surface area contributed by atoms with Gasteiger partial charge in [-0.15, -0.1) is 0 Å². The van der Waals surface area contributed by atoms with Gasteiger partial charge in [-0.3, -0.25) is 4.79 Å². The highest BCUT2D eigenvalue weighted by Crippen LogP contribution is 2.28. The lowest BCUT2D eigenvalue weighted by Crippen LogP contribution is -2.18. The van der Waals surface area contributed by atoms with Crippen molar-refractivity contribution < 1.29 is 24.2 Å². The molecule has 0 saturated heterocycles. The number of hydrogen-bond acceptors (Lipinski definition) is 4. The Morgan fingerprint density at radius 3 is 2.73 bits per heavy atom. The lowest BCUT2D eigenvalue weighted by atomic mass is 10.0. The van der Waals surface area contributed by atoms with E-state index in [1.54, 1.807) is 12.1 Å². The van der Waals surface area contributed by atoms with Crippen LogP contribution in [0.1, 0.15) is 21.5 Å². The van der Waals surface area contributed by atoms with Crippen LogP contribution in [-0.4, -0.2) is 28.1 Å². The van der Waals surface area contributed by atoms with Crippen molar-refractivity contribution in [2.24, 2.45) is 0 Å². The maximum atomic E-state index is 14.2. The second kappa shape index (κ2) is 6.68. The second-order valence-electron chi connectivity index (χ2n) is 5.61. The van der Waals surface area contributed by atoms with Gasteiger partial charge in [0.2, 0.25) is 5.43 Å². The molecule has 0 saturated carbocycles. The summed E-state index contributed by atoms with van der Waals surface area (Å²) in [6, 6.07) is 7.51. The monoisotopic (exact) mass is 377 g/mol. The summed E-state index contributed by atoms with van der Waals surface area (Å²) in [7, 11) is 1.34. The van der Waals surface area contributed by atoms with Crippen molar-refractivity contribution in [3.8, 4) is 5.75 Å². The van der Waals surface area contributed by atoms with Crippen LogP contribution >= 0.6 is 11.6 Å². The van der Waals surface area contributed by atoms with Crippen LogP contribution in [-0.2, 0) is 6.42 Å². The maximum Gasteiger partial charge on any atom is 0.341 e. The summed E-state index contributed by atoms with van der Waals surface area (Å²) in [5.41, 5.74) is -0.539. The van der Waals surface area contributed by atoms with E-state index in [4.69, 9.17) is 21.4 Å². The van der Waals surface area contributed by atoms with Gasteiger partial charge in [-0.05, 0) is 29.3 Å². The van der Waals surface area contributed by atoms with Gasteiger partial charge in [-0.2, -0.15) is 4.73 Å². The lowest BCUT2D eigenvalue weighted by Gasteiger charge is -2.13. The molecule has 0 aliphatic rings. The van der Waals surface area contributed by atoms with Crippen molar-refractivity contribution in [1.82, 2.24) is 4.73 Å². The Labute approximate surface area is 151 Å². The van der Waals surface area contributed by atoms with Crippen LogP contribution in [0.15, 0.2) is 41.3 Å². The predicted molar refractivity (Wildman–Crippen MR) is 93.1 cm³/mol. The first kappa shape index (κ1) is 17.8. The van der Waals surface area contributed by atoms with Crippen LogP contribution in [0.25, 0.3) is 10.9 Å². The number of carbonyl (C=O) groups is 1. The van der Waals surface area contributed by atoms with E-state index >= 15 is 0 Å². The standard InChI is InChI=1S/C18H13ClFNO5/c1-26-14-7-9(5-10-3-2-4-13(19)15(10)20)6-11-16(14)21(25)8-12(17(11)22)18(23)24/h2-4,6-8,25H,5H2,1H3,(H,23,24). The molecule has 0 aliphatic heterocycles. The molecule has 8 heteroatoms. The third-order valence-corrected chi connectivity index (χ3v) is 4.27. The van der Waals surface area contributed by atoms with Crippen molar-refractivity contribution in [3.63, 3.8) is 0 Å². The molecule has 0 fully saturated rings. The molecule has 0 unspecified atom stereocenters. The van der Waals surface area contributed by atoms with Crippen LogP contribution in [0.4, 0.5) is 4.39 Å². The molecule has 1 heterocycles. The molecule has 3 rings (SSSR count). The molecule has 6 nitrogen and oxygen atoms in total. The quantitative estimate of drug-likeness (QED) is 0.681. The molecule has 134 valence electrons. The Morgan fingerprint density at radius 2 is 2.08 bits per heavy atom. The van der Waals surface area contributed by atoms with Crippen LogP contribution < -0.4 is 10.2 Å². The summed E-state index contributed by atoms with van der Waals surface area (Å²) < 4.78 is 19.9. The fraction of sp³-hybridized carbons (Fsp3) is 0.111. The van der Waals surface area contributed by atoms with Gasteiger partial charge in [0.1, 0.15) is 22.6 Å². The van der Waals surface area contributed by atoms with E-state index in [1.165, 1.54) is 25.3 Å². The fourth-order valence-electron chi connectivity index (χ4n) is 2.78. The van der Waals surface area contributed by atoms with Crippen molar-refractivity contribution in [1.29, 1.82) is 0 Å². The second-order valence-corrected chi connectivity index (χ2v) is 6.01. The van der Waals surface area contributed by atoms with Crippen molar-refractivity contribution in [2.45, 2.75) is 6.42 Å². The molecule has 0 amide bonds. The maximum absolute atomic E-state index is 14.2. The summed E-state index contributed by atoms with van der Waals surface area (Å²) in [6.45, 7) is 0. The van der Waals surface area contributed by atoms with Crippen LogP contribution in [0.2, 0.25) is 5.02 Å². The number of fused-ring (bicyclic) bond motifs is 1. The third kappa shape index (κ3) is 2.97. The smallest absolute Gasteiger partial charge is 0.341 e. The van der Waals surface area contributed by atoms with E-state index < -0.39 is 22.8 Å². The average Bonchev–Trinajstić information content (AvgIpc) is 2.61. The van der Waals surface area contributed by atoms with E-state index in [2.05, 4.69) is 0 Å². The molecule has 3 aromatic rings. The molecule has 0 spiro atoms. The highest BCUT2D eigenvalue weighted by Gasteiger charge is 2.19. The summed E-state index contributed by atoms with van der Waals surface area (Å²) in [6.07, 6.45) is 0.909. The summed E-state index contributed by atoms with van der Waals surface area (Å²) in [5, 5.41) is 19.1. The Bertz CT molecular complexity index is 1090. The van der Waals surface area contributed by atoms with Gasteiger partial charge in [0, 0.05) is 6.42 Å². The number of ether oxygens (including phenoxy) is 1. The highest BCUT2D eigenvalue weighted by atomic mass is 35.5. The molecule has 26 heavy (non-hydrogen) atoms. The molecular formula is C18H13ClFNO5. The van der Waals surface area contributed by atoms with Crippen LogP contribution in [0.3, 0.4) is 0 Å². The Kier molecular flexibility index (Phi) is 4.56. The first-order chi connectivity index (χ1) is 12.3. The van der Waals surface area contributed by atoms with E-state index in [9.17, 15) is 19.2 Å². The zero-order valence-electron chi connectivity index (χ0n) is 13.5. The van der Waals surface area contributed by atoms with Crippen molar-refractivity contribution in [3.05, 3.63) is 74.3 Å². The number of carboxylic acid groups (broad SMARTS) is 1. The summed E-state index contributed by atoms with van der Waals surface area (Å²) >= 11 is 5.78. The predicted octanol–water partition coefficient (Wildman–Crippen LogP) is 3.33. The SMILES string of the molecule is COc1cc(Cc2cccc(Cl)c2F)cc2c(=O)c(C(=O)O)cn(O)c12. The minimum Gasteiger partial charge on any atom is -0.494 e.